The number of hydrogen-bond donors (Lipinski definition) is 1. The minimum absolute atomic E-state index is 0.0869. The Balaban J connectivity index is 3.27. The first-order chi connectivity index (χ1) is 9.61. The van der Waals surface area contributed by atoms with Gasteiger partial charge >= 0.3 is 0 Å². The van der Waals surface area contributed by atoms with Crippen LogP contribution in [0.4, 0.5) is 5.69 Å². The van der Waals surface area contributed by atoms with E-state index in [1.807, 2.05) is 6.92 Å². The Bertz CT molecular complexity index is 602. The minimum Gasteiger partial charge on any atom is -0.495 e. The van der Waals surface area contributed by atoms with Crippen LogP contribution in [0.25, 0.3) is 0 Å². The average molecular weight is 379 g/mol. The fraction of sp³-hybridized carbons (Fsp3) is 0.571. The van der Waals surface area contributed by atoms with E-state index in [0.29, 0.717) is 16.1 Å². The Labute approximate surface area is 135 Å². The van der Waals surface area contributed by atoms with Crippen molar-refractivity contribution in [3.63, 3.8) is 0 Å². The standard InChI is InChI=1S/C14H23BrN2O3S/c1-9(2)6-10(3)17(4)21(18,19)14-8-12(16)11(15)7-13(14)20-5/h7-10H,6,16H2,1-5H3. The van der Waals surface area contributed by atoms with Crippen LogP contribution < -0.4 is 10.5 Å². The van der Waals surface area contributed by atoms with Crippen molar-refractivity contribution < 1.29 is 13.2 Å². The molecule has 0 saturated carbocycles. The lowest BCUT2D eigenvalue weighted by molar-refractivity contribution is 0.335. The van der Waals surface area contributed by atoms with Crippen molar-refractivity contribution in [1.29, 1.82) is 0 Å². The summed E-state index contributed by atoms with van der Waals surface area (Å²) in [4.78, 5) is 0.0869. The predicted octanol–water partition coefficient (Wildman–Crippen LogP) is 3.10. The van der Waals surface area contributed by atoms with Crippen molar-refractivity contribution in [2.45, 2.75) is 38.1 Å². The monoisotopic (exact) mass is 378 g/mol. The van der Waals surface area contributed by atoms with E-state index in [2.05, 4.69) is 29.8 Å². The molecule has 0 aliphatic heterocycles. The highest BCUT2D eigenvalue weighted by Crippen LogP contribution is 2.34. The Morgan fingerprint density at radius 2 is 1.90 bits per heavy atom. The van der Waals surface area contributed by atoms with Crippen molar-refractivity contribution in [2.24, 2.45) is 5.92 Å². The fourth-order valence-electron chi connectivity index (χ4n) is 2.13. The molecule has 21 heavy (non-hydrogen) atoms. The highest BCUT2D eigenvalue weighted by molar-refractivity contribution is 9.10. The van der Waals surface area contributed by atoms with Gasteiger partial charge in [0.1, 0.15) is 10.6 Å². The zero-order chi connectivity index (χ0) is 16.4. The summed E-state index contributed by atoms with van der Waals surface area (Å²) < 4.78 is 32.7. The second kappa shape index (κ2) is 6.98. The first kappa shape index (κ1) is 18.3. The third kappa shape index (κ3) is 4.11. The smallest absolute Gasteiger partial charge is 0.246 e. The largest absolute Gasteiger partial charge is 0.495 e. The van der Waals surface area contributed by atoms with E-state index >= 15 is 0 Å². The van der Waals surface area contributed by atoms with Crippen LogP contribution in [0.2, 0.25) is 0 Å². The predicted molar refractivity (Wildman–Crippen MR) is 89.0 cm³/mol. The van der Waals surface area contributed by atoms with Crippen LogP contribution >= 0.6 is 15.9 Å². The summed E-state index contributed by atoms with van der Waals surface area (Å²) in [6, 6.07) is 2.89. The van der Waals surface area contributed by atoms with E-state index in [4.69, 9.17) is 10.5 Å². The minimum atomic E-state index is -3.66. The number of nitrogens with zero attached hydrogens (tertiary/aromatic N) is 1. The summed E-state index contributed by atoms with van der Waals surface area (Å²) in [6.07, 6.45) is 0.782. The molecule has 2 N–H and O–H groups in total. The van der Waals surface area contributed by atoms with Crippen LogP contribution in [0.5, 0.6) is 5.75 Å². The summed E-state index contributed by atoms with van der Waals surface area (Å²) in [7, 11) is -0.636. The van der Waals surface area contributed by atoms with Gasteiger partial charge in [-0.3, -0.25) is 0 Å². The van der Waals surface area contributed by atoms with E-state index in [1.165, 1.54) is 17.5 Å². The van der Waals surface area contributed by atoms with Gasteiger partial charge in [-0.2, -0.15) is 4.31 Å². The third-order valence-electron chi connectivity index (χ3n) is 3.37. The third-order valence-corrected chi connectivity index (χ3v) is 6.05. The molecule has 0 bridgehead atoms. The fourth-order valence-corrected chi connectivity index (χ4v) is 4.00. The molecule has 1 rings (SSSR count). The Hall–Kier alpha value is -0.790. The van der Waals surface area contributed by atoms with Crippen LogP contribution in [0.1, 0.15) is 27.2 Å². The number of ether oxygens (including phenoxy) is 1. The number of sulfonamides is 1. The number of hydrogen-bond acceptors (Lipinski definition) is 4. The maximum atomic E-state index is 12.8. The van der Waals surface area contributed by atoms with Crippen LogP contribution in [0, 0.1) is 5.92 Å². The molecular weight excluding hydrogens is 356 g/mol. The molecule has 0 aromatic heterocycles. The average Bonchev–Trinajstić information content (AvgIpc) is 2.39. The number of nitrogens with two attached hydrogens (primary N) is 1. The molecule has 1 aromatic carbocycles. The van der Waals surface area contributed by atoms with E-state index in [0.717, 1.165) is 6.42 Å². The van der Waals surface area contributed by atoms with Crippen molar-refractivity contribution >= 4 is 31.6 Å². The number of anilines is 1. The maximum Gasteiger partial charge on any atom is 0.246 e. The zero-order valence-electron chi connectivity index (χ0n) is 13.1. The normalized spacial score (nSPS) is 13.7. The molecule has 5 nitrogen and oxygen atoms in total. The highest BCUT2D eigenvalue weighted by Gasteiger charge is 2.29. The molecule has 1 aromatic rings. The van der Waals surface area contributed by atoms with E-state index in [-0.39, 0.29) is 16.7 Å². The first-order valence-corrected chi connectivity index (χ1v) is 8.95. The van der Waals surface area contributed by atoms with Crippen molar-refractivity contribution in [1.82, 2.24) is 4.31 Å². The van der Waals surface area contributed by atoms with E-state index < -0.39 is 10.0 Å². The molecule has 120 valence electrons. The van der Waals surface area contributed by atoms with Gasteiger partial charge in [-0.1, -0.05) is 13.8 Å². The van der Waals surface area contributed by atoms with E-state index in [1.54, 1.807) is 13.1 Å². The summed E-state index contributed by atoms with van der Waals surface area (Å²) in [5.74, 6) is 0.689. The zero-order valence-corrected chi connectivity index (χ0v) is 15.5. The second-order valence-electron chi connectivity index (χ2n) is 5.52. The summed E-state index contributed by atoms with van der Waals surface area (Å²) in [5, 5.41) is 0. The van der Waals surface area contributed by atoms with Crippen LogP contribution in [-0.2, 0) is 10.0 Å². The van der Waals surface area contributed by atoms with Gasteiger partial charge in [0.15, 0.2) is 0 Å². The van der Waals surface area contributed by atoms with Crippen LogP contribution in [-0.4, -0.2) is 32.9 Å². The van der Waals surface area contributed by atoms with Gasteiger partial charge in [-0.05, 0) is 47.3 Å². The maximum absolute atomic E-state index is 12.8. The first-order valence-electron chi connectivity index (χ1n) is 6.72. The SMILES string of the molecule is COc1cc(Br)c(N)cc1S(=O)(=O)N(C)C(C)CC(C)C. The Kier molecular flexibility index (Phi) is 6.07. The molecule has 0 radical (unpaired) electrons. The molecule has 0 aliphatic rings. The van der Waals surface area contributed by atoms with Crippen LogP contribution in [0.15, 0.2) is 21.5 Å². The molecule has 0 saturated heterocycles. The number of benzene rings is 1. The van der Waals surface area contributed by atoms with Gasteiger partial charge in [0.25, 0.3) is 0 Å². The van der Waals surface area contributed by atoms with Crippen LogP contribution in [0.3, 0.4) is 0 Å². The summed E-state index contributed by atoms with van der Waals surface area (Å²) in [5.41, 5.74) is 6.17. The molecular formula is C14H23BrN2O3S. The number of methoxy groups -OCH3 is 1. The Morgan fingerprint density at radius 1 is 1.33 bits per heavy atom. The molecule has 0 spiro atoms. The number of rotatable bonds is 6. The van der Waals surface area contributed by atoms with E-state index in [9.17, 15) is 8.42 Å². The van der Waals surface area contributed by atoms with Gasteiger partial charge in [-0.15, -0.1) is 0 Å². The van der Waals surface area contributed by atoms with Crippen molar-refractivity contribution in [3.05, 3.63) is 16.6 Å². The molecule has 1 unspecified atom stereocenters. The van der Waals surface area contributed by atoms with Gasteiger partial charge < -0.3 is 10.5 Å². The van der Waals surface area contributed by atoms with Gasteiger partial charge in [0.05, 0.1) is 7.11 Å². The molecule has 1 atom stereocenters. The van der Waals surface area contributed by atoms with Gasteiger partial charge in [0.2, 0.25) is 10.0 Å². The van der Waals surface area contributed by atoms with Crippen molar-refractivity contribution in [2.75, 3.05) is 19.9 Å². The Morgan fingerprint density at radius 3 is 2.38 bits per heavy atom. The molecule has 7 heteroatoms. The second-order valence-corrected chi connectivity index (χ2v) is 8.34. The van der Waals surface area contributed by atoms with Gasteiger partial charge in [0, 0.05) is 23.2 Å². The van der Waals surface area contributed by atoms with Gasteiger partial charge in [-0.25, -0.2) is 8.42 Å². The number of halogens is 1. The highest BCUT2D eigenvalue weighted by atomic mass is 79.9. The molecule has 0 fully saturated rings. The summed E-state index contributed by atoms with van der Waals surface area (Å²) in [6.45, 7) is 6.02. The molecule has 0 heterocycles. The topological polar surface area (TPSA) is 72.6 Å². The molecule has 0 amide bonds. The lowest BCUT2D eigenvalue weighted by atomic mass is 10.1. The lowest BCUT2D eigenvalue weighted by Gasteiger charge is -2.26. The summed E-state index contributed by atoms with van der Waals surface area (Å²) >= 11 is 3.27. The molecule has 0 aliphatic carbocycles. The lowest BCUT2D eigenvalue weighted by Crippen LogP contribution is -2.36. The quantitative estimate of drug-likeness (QED) is 0.771. The number of nitrogen functional groups attached to an aromatic ring is 1. The van der Waals surface area contributed by atoms with Crippen molar-refractivity contribution in [3.8, 4) is 5.75 Å².